The maximum Gasteiger partial charge on any atom is 0.222 e. The number of aryl methyl sites for hydroxylation is 1. The fourth-order valence-corrected chi connectivity index (χ4v) is 3.79. The molecule has 4 rings (SSSR count). The number of aromatic nitrogens is 2. The molecule has 30 heavy (non-hydrogen) atoms. The number of nitrogens with zero attached hydrogens (tertiary/aromatic N) is 2. The lowest BCUT2D eigenvalue weighted by molar-refractivity contribution is -0.121. The molecule has 0 aliphatic carbocycles. The van der Waals surface area contributed by atoms with Crippen LogP contribution in [0, 0.1) is 0 Å². The number of fused-ring (bicyclic) bond motifs is 1. The van der Waals surface area contributed by atoms with Gasteiger partial charge in [-0.3, -0.25) is 4.79 Å². The van der Waals surface area contributed by atoms with Gasteiger partial charge in [0.25, 0.3) is 0 Å². The topological polar surface area (TPSA) is 60.1 Å². The molecular weight excluding hydrogens is 445 g/mol. The van der Waals surface area contributed by atoms with E-state index in [1.807, 2.05) is 34.9 Å². The number of rotatable bonds is 7. The van der Waals surface area contributed by atoms with Crippen molar-refractivity contribution in [1.29, 1.82) is 0 Å². The van der Waals surface area contributed by atoms with Gasteiger partial charge in [-0.2, -0.15) is 0 Å². The first kappa shape index (κ1) is 20.8. The average molecular weight is 463 g/mol. The van der Waals surface area contributed by atoms with E-state index in [0.717, 1.165) is 22.4 Å². The second kappa shape index (κ2) is 9.13. The molecule has 2 aromatic carbocycles. The van der Waals surface area contributed by atoms with Crippen molar-refractivity contribution in [2.24, 2.45) is 0 Å². The number of nitrogens with one attached hydrogen (secondary N) is 1. The van der Waals surface area contributed by atoms with Crippen molar-refractivity contribution < 1.29 is 9.21 Å². The molecule has 0 aliphatic heterocycles. The maximum absolute atomic E-state index is 12.4. The molecule has 0 unspecified atom stereocenters. The Labute approximate surface area is 188 Å². The van der Waals surface area contributed by atoms with Gasteiger partial charge in [0.1, 0.15) is 11.6 Å². The number of amides is 1. The summed E-state index contributed by atoms with van der Waals surface area (Å²) in [4.78, 5) is 17.1. The number of hydrogen-bond acceptors (Lipinski definition) is 3. The van der Waals surface area contributed by atoms with Crippen LogP contribution >= 0.6 is 34.8 Å². The molecule has 0 saturated carbocycles. The molecule has 0 fully saturated rings. The van der Waals surface area contributed by atoms with Crippen LogP contribution in [-0.2, 0) is 24.3 Å². The minimum absolute atomic E-state index is 0.0861. The number of hydrogen-bond donors (Lipinski definition) is 1. The van der Waals surface area contributed by atoms with Gasteiger partial charge in [-0.1, -0.05) is 53.0 Å². The Kier molecular flexibility index (Phi) is 6.32. The largest absolute Gasteiger partial charge is 0.467 e. The molecule has 1 amide bonds. The van der Waals surface area contributed by atoms with Gasteiger partial charge in [-0.25, -0.2) is 4.98 Å². The summed E-state index contributed by atoms with van der Waals surface area (Å²) in [5.74, 6) is 1.41. The zero-order valence-corrected chi connectivity index (χ0v) is 18.1. The van der Waals surface area contributed by atoms with Crippen LogP contribution in [0.1, 0.15) is 23.6 Å². The van der Waals surface area contributed by atoms with Crippen LogP contribution in [0.25, 0.3) is 11.0 Å². The molecule has 2 aromatic heterocycles. The Bertz CT molecular complexity index is 1190. The second-order valence-electron chi connectivity index (χ2n) is 6.81. The van der Waals surface area contributed by atoms with E-state index < -0.39 is 0 Å². The number of furan rings is 1. The smallest absolute Gasteiger partial charge is 0.222 e. The molecule has 154 valence electrons. The van der Waals surface area contributed by atoms with Gasteiger partial charge in [0, 0.05) is 24.4 Å². The summed E-state index contributed by atoms with van der Waals surface area (Å²) in [6.07, 6.45) is 2.38. The molecule has 0 spiro atoms. The third-order valence-electron chi connectivity index (χ3n) is 4.78. The molecule has 0 saturated heterocycles. The van der Waals surface area contributed by atoms with Gasteiger partial charge in [-0.05, 0) is 35.9 Å². The highest BCUT2D eigenvalue weighted by molar-refractivity contribution is 6.42. The number of carbonyl (C=O) groups excluding carboxylic acids is 1. The average Bonchev–Trinajstić information content (AvgIpc) is 3.35. The van der Waals surface area contributed by atoms with Crippen molar-refractivity contribution in [3.05, 3.63) is 87.0 Å². The number of carbonyl (C=O) groups is 1. The molecule has 1 N–H and O–H groups in total. The molecule has 5 nitrogen and oxygen atoms in total. The number of halogens is 3. The monoisotopic (exact) mass is 461 g/mol. The summed E-state index contributed by atoms with van der Waals surface area (Å²) in [6.45, 7) is 0.794. The lowest BCUT2D eigenvalue weighted by Gasteiger charge is -2.11. The first-order chi connectivity index (χ1) is 14.5. The predicted molar refractivity (Wildman–Crippen MR) is 119 cm³/mol. The van der Waals surface area contributed by atoms with E-state index in [1.54, 1.807) is 24.5 Å². The molecule has 4 aromatic rings. The van der Waals surface area contributed by atoms with E-state index in [0.29, 0.717) is 40.3 Å². The Morgan fingerprint density at radius 2 is 1.83 bits per heavy atom. The van der Waals surface area contributed by atoms with Crippen molar-refractivity contribution in [3.8, 4) is 0 Å². The third kappa shape index (κ3) is 4.64. The van der Waals surface area contributed by atoms with E-state index >= 15 is 0 Å². The van der Waals surface area contributed by atoms with Gasteiger partial charge in [0.15, 0.2) is 0 Å². The SMILES string of the molecule is O=C(CCn1c(Cc2ccccc2Cl)nc2cc(Cl)c(Cl)cc21)NCc1ccco1. The standard InChI is InChI=1S/C22H18Cl3N3O2/c23-16-6-2-1-4-14(16)10-21-27-19-11-17(24)18(25)12-20(19)28(21)8-7-22(29)26-13-15-5-3-9-30-15/h1-6,9,11-12H,7-8,10,13H2,(H,26,29). The Morgan fingerprint density at radius 1 is 1.03 bits per heavy atom. The highest BCUT2D eigenvalue weighted by atomic mass is 35.5. The summed E-state index contributed by atoms with van der Waals surface area (Å²) in [5, 5.41) is 4.41. The van der Waals surface area contributed by atoms with Crippen LogP contribution in [-0.4, -0.2) is 15.5 Å². The van der Waals surface area contributed by atoms with E-state index in [9.17, 15) is 4.79 Å². The van der Waals surface area contributed by atoms with Crippen LogP contribution in [0.3, 0.4) is 0 Å². The van der Waals surface area contributed by atoms with Crippen molar-refractivity contribution in [1.82, 2.24) is 14.9 Å². The minimum atomic E-state index is -0.0861. The van der Waals surface area contributed by atoms with Gasteiger partial charge >= 0.3 is 0 Å². The molecular formula is C22H18Cl3N3O2. The lowest BCUT2D eigenvalue weighted by atomic mass is 10.1. The number of benzene rings is 2. The van der Waals surface area contributed by atoms with Crippen LogP contribution in [0.5, 0.6) is 0 Å². The Hall–Kier alpha value is -2.47. The second-order valence-corrected chi connectivity index (χ2v) is 8.03. The maximum atomic E-state index is 12.4. The molecule has 0 radical (unpaired) electrons. The van der Waals surface area contributed by atoms with Gasteiger partial charge < -0.3 is 14.3 Å². The quantitative estimate of drug-likeness (QED) is 0.373. The summed E-state index contributed by atoms with van der Waals surface area (Å²) >= 11 is 18.8. The van der Waals surface area contributed by atoms with Gasteiger partial charge in [0.2, 0.25) is 5.91 Å². The van der Waals surface area contributed by atoms with Crippen LogP contribution in [0.2, 0.25) is 15.1 Å². The Morgan fingerprint density at radius 3 is 2.60 bits per heavy atom. The highest BCUT2D eigenvalue weighted by Gasteiger charge is 2.16. The third-order valence-corrected chi connectivity index (χ3v) is 5.87. The normalized spacial score (nSPS) is 11.2. The summed E-state index contributed by atoms with van der Waals surface area (Å²) < 4.78 is 7.24. The van der Waals surface area contributed by atoms with Gasteiger partial charge in [-0.15, -0.1) is 0 Å². The summed E-state index contributed by atoms with van der Waals surface area (Å²) in [7, 11) is 0. The molecule has 8 heteroatoms. The van der Waals surface area contributed by atoms with Crippen molar-refractivity contribution in [3.63, 3.8) is 0 Å². The fraction of sp³-hybridized carbons (Fsp3) is 0.182. The Balaban J connectivity index is 1.58. The summed E-state index contributed by atoms with van der Waals surface area (Å²) in [6, 6.07) is 14.8. The van der Waals surface area contributed by atoms with Crippen LogP contribution < -0.4 is 5.32 Å². The fourth-order valence-electron chi connectivity index (χ4n) is 3.27. The van der Waals surface area contributed by atoms with Gasteiger partial charge in [0.05, 0.1) is 33.9 Å². The van der Waals surface area contributed by atoms with E-state index in [1.165, 1.54) is 0 Å². The summed E-state index contributed by atoms with van der Waals surface area (Å²) in [5.41, 5.74) is 2.50. The van der Waals surface area contributed by atoms with Crippen LogP contribution in [0.15, 0.2) is 59.2 Å². The minimum Gasteiger partial charge on any atom is -0.467 e. The van der Waals surface area contributed by atoms with E-state index in [-0.39, 0.29) is 12.3 Å². The predicted octanol–water partition coefficient (Wildman–Crippen LogP) is 5.89. The first-order valence-corrected chi connectivity index (χ1v) is 10.5. The van der Waals surface area contributed by atoms with Crippen molar-refractivity contribution in [2.75, 3.05) is 0 Å². The van der Waals surface area contributed by atoms with E-state index in [2.05, 4.69) is 5.32 Å². The zero-order valence-electron chi connectivity index (χ0n) is 15.9. The molecule has 0 atom stereocenters. The van der Waals surface area contributed by atoms with Crippen LogP contribution in [0.4, 0.5) is 0 Å². The highest BCUT2D eigenvalue weighted by Crippen LogP contribution is 2.30. The lowest BCUT2D eigenvalue weighted by Crippen LogP contribution is -2.24. The zero-order chi connectivity index (χ0) is 21.1. The van der Waals surface area contributed by atoms with Crippen molar-refractivity contribution in [2.45, 2.75) is 25.9 Å². The molecule has 2 heterocycles. The first-order valence-electron chi connectivity index (χ1n) is 9.38. The van der Waals surface area contributed by atoms with Crippen molar-refractivity contribution >= 4 is 51.7 Å². The number of imidazole rings is 1. The van der Waals surface area contributed by atoms with E-state index in [4.69, 9.17) is 44.2 Å². The molecule has 0 aliphatic rings. The molecule has 0 bridgehead atoms.